The lowest BCUT2D eigenvalue weighted by Gasteiger charge is -2.32. The molecule has 2 amide bonds. The SMILES string of the molecule is C.CN1CCN(C(=O)c2ccc(Nc3ncc(Br)c(N[C@@H]4CCC[C@@H]4C(=O)N(C)C)n3)cc2)CC1. The Morgan fingerprint density at radius 2 is 1.77 bits per heavy atom. The monoisotopic (exact) mass is 545 g/mol. The molecule has 2 aliphatic rings. The Morgan fingerprint density at radius 1 is 1.09 bits per heavy atom. The van der Waals surface area contributed by atoms with E-state index in [0.717, 1.165) is 55.6 Å². The van der Waals surface area contributed by atoms with E-state index in [1.54, 1.807) is 25.2 Å². The molecule has 0 spiro atoms. The van der Waals surface area contributed by atoms with Crippen LogP contribution in [0.1, 0.15) is 37.0 Å². The number of nitrogens with one attached hydrogen (secondary N) is 2. The van der Waals surface area contributed by atoms with Crippen molar-refractivity contribution in [2.45, 2.75) is 32.7 Å². The minimum Gasteiger partial charge on any atom is -0.365 e. The predicted octanol–water partition coefficient (Wildman–Crippen LogP) is 3.68. The van der Waals surface area contributed by atoms with Crippen LogP contribution in [0.2, 0.25) is 0 Å². The fourth-order valence-electron chi connectivity index (χ4n) is 4.48. The van der Waals surface area contributed by atoms with E-state index in [0.29, 0.717) is 17.3 Å². The minimum absolute atomic E-state index is 0. The first-order valence-corrected chi connectivity index (χ1v) is 12.5. The number of carbonyl (C=O) groups is 2. The predicted molar refractivity (Wildman–Crippen MR) is 143 cm³/mol. The second kappa shape index (κ2) is 11.8. The Balaban J connectivity index is 0.00000342. The number of nitrogens with zero attached hydrogens (tertiary/aromatic N) is 5. The first-order chi connectivity index (χ1) is 16.3. The highest BCUT2D eigenvalue weighted by atomic mass is 79.9. The second-order valence-corrected chi connectivity index (χ2v) is 10.1. The molecule has 0 bridgehead atoms. The van der Waals surface area contributed by atoms with Crippen LogP contribution in [0.15, 0.2) is 34.9 Å². The average Bonchev–Trinajstić information content (AvgIpc) is 3.29. The molecule has 2 fully saturated rings. The summed E-state index contributed by atoms with van der Waals surface area (Å²) in [5.41, 5.74) is 1.47. The van der Waals surface area contributed by atoms with Gasteiger partial charge in [-0.15, -0.1) is 0 Å². The fourth-order valence-corrected chi connectivity index (χ4v) is 4.79. The average molecular weight is 547 g/mol. The lowest BCUT2D eigenvalue weighted by Crippen LogP contribution is -2.47. The van der Waals surface area contributed by atoms with Crippen molar-refractivity contribution in [2.24, 2.45) is 5.92 Å². The van der Waals surface area contributed by atoms with Crippen molar-refractivity contribution in [3.05, 3.63) is 40.5 Å². The van der Waals surface area contributed by atoms with Crippen molar-refractivity contribution >= 4 is 45.2 Å². The summed E-state index contributed by atoms with van der Waals surface area (Å²) in [5, 5.41) is 6.66. The molecule has 0 unspecified atom stereocenters. The van der Waals surface area contributed by atoms with Crippen molar-refractivity contribution in [1.82, 2.24) is 24.7 Å². The zero-order valence-electron chi connectivity index (χ0n) is 19.9. The van der Waals surface area contributed by atoms with Gasteiger partial charge >= 0.3 is 0 Å². The first kappa shape index (κ1) is 26.9. The van der Waals surface area contributed by atoms with Gasteiger partial charge in [0, 0.05) is 63.8 Å². The molecule has 9 nitrogen and oxygen atoms in total. The van der Waals surface area contributed by atoms with Gasteiger partial charge in [-0.2, -0.15) is 4.98 Å². The molecule has 1 saturated carbocycles. The highest BCUT2D eigenvalue weighted by molar-refractivity contribution is 9.10. The van der Waals surface area contributed by atoms with E-state index in [1.165, 1.54) is 0 Å². The topological polar surface area (TPSA) is 93.7 Å². The number of rotatable bonds is 6. The third kappa shape index (κ3) is 6.49. The third-order valence-corrected chi connectivity index (χ3v) is 7.10. The van der Waals surface area contributed by atoms with Crippen molar-refractivity contribution in [3.8, 4) is 0 Å². The van der Waals surface area contributed by atoms with Crippen molar-refractivity contribution in [2.75, 3.05) is 58.0 Å². The van der Waals surface area contributed by atoms with Crippen LogP contribution in [0.5, 0.6) is 0 Å². The molecule has 4 rings (SSSR count). The lowest BCUT2D eigenvalue weighted by molar-refractivity contribution is -0.132. The lowest BCUT2D eigenvalue weighted by atomic mass is 10.0. The Bertz CT molecular complexity index is 1020. The van der Waals surface area contributed by atoms with Crippen molar-refractivity contribution < 1.29 is 9.59 Å². The number of benzene rings is 1. The van der Waals surface area contributed by atoms with E-state index in [4.69, 9.17) is 0 Å². The zero-order chi connectivity index (χ0) is 24.2. The van der Waals surface area contributed by atoms with Gasteiger partial charge in [0.2, 0.25) is 11.9 Å². The van der Waals surface area contributed by atoms with Crippen LogP contribution < -0.4 is 10.6 Å². The maximum absolute atomic E-state index is 12.8. The van der Waals surface area contributed by atoms with Gasteiger partial charge in [0.05, 0.1) is 10.4 Å². The summed E-state index contributed by atoms with van der Waals surface area (Å²) in [6, 6.07) is 7.43. The Labute approximate surface area is 216 Å². The maximum atomic E-state index is 12.8. The molecule has 0 radical (unpaired) electrons. The van der Waals surface area contributed by atoms with Gasteiger partial charge in [-0.1, -0.05) is 13.8 Å². The van der Waals surface area contributed by atoms with Gasteiger partial charge in [-0.25, -0.2) is 4.98 Å². The molecule has 1 aliphatic heterocycles. The number of hydrogen-bond acceptors (Lipinski definition) is 7. The first-order valence-electron chi connectivity index (χ1n) is 11.7. The van der Waals surface area contributed by atoms with Crippen LogP contribution >= 0.6 is 15.9 Å². The standard InChI is InChI=1S/C24H32BrN7O2.CH4/c1-30(2)23(34)18-5-4-6-20(18)28-21-19(25)15-26-24(29-21)27-17-9-7-16(8-10-17)22(33)32-13-11-31(3)12-14-32;/h7-10,15,18,20H,4-6,11-14H2,1-3H3,(H2,26,27,28,29);1H4/t18-,20+;/m0./s1. The molecule has 1 aromatic carbocycles. The maximum Gasteiger partial charge on any atom is 0.253 e. The molecule has 10 heteroatoms. The molecular weight excluding hydrogens is 510 g/mol. The van der Waals surface area contributed by atoms with Crippen LogP contribution in [0.4, 0.5) is 17.5 Å². The molecule has 2 atom stereocenters. The summed E-state index contributed by atoms with van der Waals surface area (Å²) in [6.07, 6.45) is 4.50. The number of aromatic nitrogens is 2. The van der Waals surface area contributed by atoms with E-state index in [-0.39, 0.29) is 31.2 Å². The van der Waals surface area contributed by atoms with Crippen LogP contribution in [0.3, 0.4) is 0 Å². The van der Waals surface area contributed by atoms with E-state index in [2.05, 4.69) is 48.5 Å². The largest absolute Gasteiger partial charge is 0.365 e. The van der Waals surface area contributed by atoms with E-state index < -0.39 is 0 Å². The van der Waals surface area contributed by atoms with Gasteiger partial charge in [0.15, 0.2) is 0 Å². The van der Waals surface area contributed by atoms with Crippen molar-refractivity contribution in [1.29, 1.82) is 0 Å². The number of hydrogen-bond donors (Lipinski definition) is 2. The number of amides is 2. The van der Waals surface area contributed by atoms with Crippen LogP contribution in [-0.2, 0) is 4.79 Å². The van der Waals surface area contributed by atoms with E-state index >= 15 is 0 Å². The quantitative estimate of drug-likeness (QED) is 0.571. The molecule has 1 aliphatic carbocycles. The Kier molecular flexibility index (Phi) is 9.07. The summed E-state index contributed by atoms with van der Waals surface area (Å²) < 4.78 is 0.745. The molecule has 35 heavy (non-hydrogen) atoms. The highest BCUT2D eigenvalue weighted by Gasteiger charge is 2.34. The molecular formula is C25H36BrN7O2. The summed E-state index contributed by atoms with van der Waals surface area (Å²) in [6.45, 7) is 3.29. The van der Waals surface area contributed by atoms with E-state index in [9.17, 15) is 9.59 Å². The minimum atomic E-state index is -0.0568. The Hall–Kier alpha value is -2.72. The van der Waals surface area contributed by atoms with Gasteiger partial charge < -0.3 is 25.3 Å². The molecule has 2 aromatic rings. The van der Waals surface area contributed by atoms with Crippen molar-refractivity contribution in [3.63, 3.8) is 0 Å². The molecule has 2 N–H and O–H groups in total. The second-order valence-electron chi connectivity index (χ2n) is 9.21. The number of halogens is 1. The Morgan fingerprint density at radius 3 is 2.43 bits per heavy atom. The number of carbonyl (C=O) groups excluding carboxylic acids is 2. The van der Waals surface area contributed by atoms with Gasteiger partial charge in [-0.05, 0) is 60.1 Å². The van der Waals surface area contributed by atoms with Gasteiger partial charge in [0.25, 0.3) is 5.91 Å². The summed E-state index contributed by atoms with van der Waals surface area (Å²) in [4.78, 5) is 40.1. The zero-order valence-corrected chi connectivity index (χ0v) is 21.5. The smallest absolute Gasteiger partial charge is 0.253 e. The highest BCUT2D eigenvalue weighted by Crippen LogP contribution is 2.32. The summed E-state index contributed by atoms with van der Waals surface area (Å²) in [7, 11) is 5.66. The molecule has 1 saturated heterocycles. The number of likely N-dealkylation sites (N-methyl/N-ethyl adjacent to an activating group) is 1. The molecule has 2 heterocycles. The van der Waals surface area contributed by atoms with Crippen LogP contribution in [0, 0.1) is 5.92 Å². The van der Waals surface area contributed by atoms with Crippen LogP contribution in [0.25, 0.3) is 0 Å². The number of anilines is 3. The summed E-state index contributed by atoms with van der Waals surface area (Å²) >= 11 is 3.52. The third-order valence-electron chi connectivity index (χ3n) is 6.52. The molecule has 190 valence electrons. The fraction of sp³-hybridized carbons (Fsp3) is 0.520. The normalized spacial score (nSPS) is 20.2. The van der Waals surface area contributed by atoms with Gasteiger partial charge in [-0.3, -0.25) is 9.59 Å². The van der Waals surface area contributed by atoms with Crippen LogP contribution in [-0.4, -0.2) is 89.8 Å². The summed E-state index contributed by atoms with van der Waals surface area (Å²) in [5.74, 6) is 1.24. The van der Waals surface area contributed by atoms with E-state index in [1.807, 2.05) is 29.2 Å². The number of piperazine rings is 1. The molecule has 1 aromatic heterocycles. The van der Waals surface area contributed by atoms with Gasteiger partial charge in [0.1, 0.15) is 5.82 Å².